The van der Waals surface area contributed by atoms with E-state index in [0.717, 1.165) is 12.1 Å². The van der Waals surface area contributed by atoms with Gasteiger partial charge in [-0.1, -0.05) is 19.0 Å². The lowest BCUT2D eigenvalue weighted by atomic mass is 10.1. The summed E-state index contributed by atoms with van der Waals surface area (Å²) in [5, 5.41) is 4.12. The van der Waals surface area contributed by atoms with E-state index in [1.54, 1.807) is 6.07 Å². The van der Waals surface area contributed by atoms with Crippen LogP contribution in [-0.2, 0) is 6.42 Å². The van der Waals surface area contributed by atoms with Crippen molar-refractivity contribution in [3.8, 4) is 0 Å². The molecular formula is C7H10ClNO. The Kier molecular flexibility index (Phi) is 2.33. The Hall–Kier alpha value is -0.500. The predicted molar refractivity (Wildman–Crippen MR) is 40.1 cm³/mol. The lowest BCUT2D eigenvalue weighted by Gasteiger charge is -1.96. The van der Waals surface area contributed by atoms with Crippen LogP contribution in [0.5, 0.6) is 0 Å². The molecule has 1 aromatic heterocycles. The van der Waals surface area contributed by atoms with Gasteiger partial charge in [0.15, 0.2) is 0 Å². The Morgan fingerprint density at radius 3 is 2.80 bits per heavy atom. The van der Waals surface area contributed by atoms with Crippen molar-refractivity contribution in [3.63, 3.8) is 0 Å². The summed E-state index contributed by atoms with van der Waals surface area (Å²) in [6.45, 7) is 4.26. The first-order chi connectivity index (χ1) is 4.68. The van der Waals surface area contributed by atoms with Gasteiger partial charge in [-0.2, -0.15) is 0 Å². The molecule has 0 N–H and O–H groups in total. The first kappa shape index (κ1) is 7.61. The zero-order valence-corrected chi connectivity index (χ0v) is 6.85. The van der Waals surface area contributed by atoms with Crippen LogP contribution in [0.25, 0.3) is 0 Å². The fourth-order valence-corrected chi connectivity index (χ4v) is 0.961. The molecule has 3 heteroatoms. The van der Waals surface area contributed by atoms with Gasteiger partial charge >= 0.3 is 0 Å². The molecule has 0 amide bonds. The molecule has 0 aliphatic carbocycles. The largest absolute Gasteiger partial charge is 0.344 e. The van der Waals surface area contributed by atoms with Gasteiger partial charge in [0.1, 0.15) is 0 Å². The highest BCUT2D eigenvalue weighted by molar-refractivity contribution is 6.28. The van der Waals surface area contributed by atoms with Crippen LogP contribution in [0.2, 0.25) is 5.22 Å². The van der Waals surface area contributed by atoms with E-state index < -0.39 is 0 Å². The van der Waals surface area contributed by atoms with Gasteiger partial charge in [-0.15, -0.1) is 0 Å². The van der Waals surface area contributed by atoms with Crippen LogP contribution in [0, 0.1) is 5.92 Å². The molecule has 1 aromatic rings. The minimum Gasteiger partial charge on any atom is -0.344 e. The van der Waals surface area contributed by atoms with Crippen molar-refractivity contribution in [2.24, 2.45) is 5.92 Å². The smallest absolute Gasteiger partial charge is 0.226 e. The molecule has 0 aliphatic rings. The Bertz CT molecular complexity index is 207. The third-order valence-electron chi connectivity index (χ3n) is 1.15. The van der Waals surface area contributed by atoms with Gasteiger partial charge in [0, 0.05) is 6.07 Å². The average Bonchev–Trinajstić information content (AvgIpc) is 2.13. The van der Waals surface area contributed by atoms with Crippen LogP contribution in [0.1, 0.15) is 19.5 Å². The monoisotopic (exact) mass is 159 g/mol. The Morgan fingerprint density at radius 1 is 1.70 bits per heavy atom. The van der Waals surface area contributed by atoms with Crippen LogP contribution in [0.3, 0.4) is 0 Å². The van der Waals surface area contributed by atoms with Crippen molar-refractivity contribution < 1.29 is 4.52 Å². The molecule has 0 saturated heterocycles. The highest BCUT2D eigenvalue weighted by Crippen LogP contribution is 2.12. The maximum atomic E-state index is 5.51. The lowest BCUT2D eigenvalue weighted by Crippen LogP contribution is -1.92. The first-order valence-electron chi connectivity index (χ1n) is 3.29. The summed E-state index contributed by atoms with van der Waals surface area (Å²) in [6.07, 6.45) is 0.927. The molecule has 0 spiro atoms. The van der Waals surface area contributed by atoms with E-state index in [0.29, 0.717) is 11.1 Å². The van der Waals surface area contributed by atoms with Gasteiger partial charge in [0.25, 0.3) is 0 Å². The summed E-state index contributed by atoms with van der Waals surface area (Å²) >= 11 is 5.51. The van der Waals surface area contributed by atoms with Crippen LogP contribution in [-0.4, -0.2) is 5.16 Å². The van der Waals surface area contributed by atoms with Gasteiger partial charge < -0.3 is 4.52 Å². The second-order valence-electron chi connectivity index (χ2n) is 2.72. The number of halogens is 1. The van der Waals surface area contributed by atoms with Crippen molar-refractivity contribution in [3.05, 3.63) is 17.0 Å². The van der Waals surface area contributed by atoms with Crippen molar-refractivity contribution in [1.82, 2.24) is 5.16 Å². The number of nitrogens with zero attached hydrogens (tertiary/aromatic N) is 1. The zero-order valence-electron chi connectivity index (χ0n) is 6.10. The molecule has 1 heterocycles. The van der Waals surface area contributed by atoms with E-state index in [1.165, 1.54) is 0 Å². The molecule has 1 rings (SSSR count). The quantitative estimate of drug-likeness (QED) is 0.663. The average molecular weight is 160 g/mol. The molecule has 2 nitrogen and oxygen atoms in total. The Morgan fingerprint density at radius 2 is 2.40 bits per heavy atom. The van der Waals surface area contributed by atoms with Crippen LogP contribution < -0.4 is 0 Å². The van der Waals surface area contributed by atoms with Gasteiger partial charge in [0.05, 0.1) is 5.69 Å². The predicted octanol–water partition coefficient (Wildman–Crippen LogP) is 2.53. The van der Waals surface area contributed by atoms with Gasteiger partial charge in [-0.25, -0.2) is 0 Å². The normalized spacial score (nSPS) is 10.8. The first-order valence-corrected chi connectivity index (χ1v) is 3.67. The van der Waals surface area contributed by atoms with E-state index in [4.69, 9.17) is 11.6 Å². The fraction of sp³-hybridized carbons (Fsp3) is 0.571. The highest BCUT2D eigenvalue weighted by Gasteiger charge is 2.02. The van der Waals surface area contributed by atoms with Crippen molar-refractivity contribution in [2.75, 3.05) is 0 Å². The summed E-state index contributed by atoms with van der Waals surface area (Å²) in [6, 6.07) is 1.75. The third kappa shape index (κ3) is 2.03. The molecule has 0 saturated carbocycles. The molecule has 0 unspecified atom stereocenters. The minimum atomic E-state index is 0.371. The zero-order chi connectivity index (χ0) is 7.56. The molecule has 0 atom stereocenters. The standard InChI is InChI=1S/C7H10ClNO/c1-5(2)3-6-4-7(8)10-9-6/h4-5H,3H2,1-2H3. The van der Waals surface area contributed by atoms with E-state index >= 15 is 0 Å². The summed E-state index contributed by atoms with van der Waals surface area (Å²) in [4.78, 5) is 0. The lowest BCUT2D eigenvalue weighted by molar-refractivity contribution is 0.409. The van der Waals surface area contributed by atoms with Crippen molar-refractivity contribution in [1.29, 1.82) is 0 Å². The van der Waals surface area contributed by atoms with Gasteiger partial charge in [-0.05, 0) is 23.9 Å². The van der Waals surface area contributed by atoms with Crippen molar-refractivity contribution >= 4 is 11.6 Å². The molecule has 10 heavy (non-hydrogen) atoms. The molecular weight excluding hydrogens is 150 g/mol. The summed E-state index contributed by atoms with van der Waals surface area (Å²) in [7, 11) is 0. The number of aromatic nitrogens is 1. The molecule has 56 valence electrons. The van der Waals surface area contributed by atoms with E-state index in [1.807, 2.05) is 0 Å². The van der Waals surface area contributed by atoms with Crippen LogP contribution in [0.15, 0.2) is 10.6 Å². The SMILES string of the molecule is CC(C)Cc1cc(Cl)on1. The summed E-state index contributed by atoms with van der Waals surface area (Å²) in [5.74, 6) is 0.598. The third-order valence-corrected chi connectivity index (χ3v) is 1.33. The molecule has 0 aromatic carbocycles. The van der Waals surface area contributed by atoms with Crippen molar-refractivity contribution in [2.45, 2.75) is 20.3 Å². The maximum Gasteiger partial charge on any atom is 0.226 e. The van der Waals surface area contributed by atoms with E-state index in [2.05, 4.69) is 23.5 Å². The summed E-state index contributed by atoms with van der Waals surface area (Å²) in [5.41, 5.74) is 0.931. The van der Waals surface area contributed by atoms with Gasteiger partial charge in [-0.3, -0.25) is 0 Å². The highest BCUT2D eigenvalue weighted by atomic mass is 35.5. The molecule has 0 radical (unpaired) electrons. The van der Waals surface area contributed by atoms with E-state index in [-0.39, 0.29) is 0 Å². The Balaban J connectivity index is 2.58. The Labute approximate surface area is 65.2 Å². The molecule has 0 aliphatic heterocycles. The maximum absolute atomic E-state index is 5.51. The topological polar surface area (TPSA) is 26.0 Å². The number of hydrogen-bond acceptors (Lipinski definition) is 2. The fourth-order valence-electron chi connectivity index (χ4n) is 0.800. The second kappa shape index (κ2) is 3.06. The van der Waals surface area contributed by atoms with Crippen LogP contribution in [0.4, 0.5) is 0 Å². The number of rotatable bonds is 2. The molecule has 0 fully saturated rings. The second-order valence-corrected chi connectivity index (χ2v) is 3.09. The number of hydrogen-bond donors (Lipinski definition) is 0. The molecule has 0 bridgehead atoms. The van der Waals surface area contributed by atoms with Gasteiger partial charge in [0.2, 0.25) is 5.22 Å². The van der Waals surface area contributed by atoms with Crippen LogP contribution >= 0.6 is 11.6 Å². The van der Waals surface area contributed by atoms with E-state index in [9.17, 15) is 0 Å². The minimum absolute atomic E-state index is 0.371. The summed E-state index contributed by atoms with van der Waals surface area (Å²) < 4.78 is 4.68.